The van der Waals surface area contributed by atoms with E-state index in [1.807, 2.05) is 0 Å². The van der Waals surface area contributed by atoms with Crippen molar-refractivity contribution >= 4 is 43.6 Å². The zero-order chi connectivity index (χ0) is 30.2. The Balaban J connectivity index is 0.000000142. The van der Waals surface area contributed by atoms with Crippen molar-refractivity contribution in [3.05, 3.63) is 157 Å². The Morgan fingerprint density at radius 1 is 0.341 bits per heavy atom. The van der Waals surface area contributed by atoms with E-state index in [-0.39, 0.29) is 0 Å². The molecular weight excluding hydrogens is 532 g/mol. The highest BCUT2D eigenvalue weighted by atomic mass is 15.0. The van der Waals surface area contributed by atoms with Crippen molar-refractivity contribution in [3.8, 4) is 11.4 Å². The number of fused-ring (bicyclic) bond motifs is 6. The molecule has 0 amide bonds. The summed E-state index contributed by atoms with van der Waals surface area (Å²) in [6.45, 7) is 8.99. The van der Waals surface area contributed by atoms with Crippen LogP contribution in [0.25, 0.3) is 55.0 Å². The lowest BCUT2D eigenvalue weighted by atomic mass is 10.0. The van der Waals surface area contributed by atoms with Gasteiger partial charge < -0.3 is 9.13 Å². The van der Waals surface area contributed by atoms with Gasteiger partial charge in [-0.1, -0.05) is 119 Å². The van der Waals surface area contributed by atoms with Crippen LogP contribution in [0.1, 0.15) is 50.7 Å². The molecule has 0 spiro atoms. The van der Waals surface area contributed by atoms with Crippen molar-refractivity contribution in [1.29, 1.82) is 0 Å². The molecule has 2 aromatic heterocycles. The summed E-state index contributed by atoms with van der Waals surface area (Å²) in [4.78, 5) is 0. The maximum atomic E-state index is 2.37. The molecule has 0 bridgehead atoms. The molecule has 216 valence electrons. The van der Waals surface area contributed by atoms with E-state index in [1.54, 1.807) is 0 Å². The number of hydrogen-bond acceptors (Lipinski definition) is 0. The van der Waals surface area contributed by atoms with Crippen LogP contribution >= 0.6 is 0 Å². The number of hydrogen-bond donors (Lipinski definition) is 0. The fourth-order valence-corrected chi connectivity index (χ4v) is 6.41. The third-order valence-electron chi connectivity index (χ3n) is 8.76. The molecule has 8 aromatic rings. The van der Waals surface area contributed by atoms with E-state index in [0.717, 1.165) is 0 Å². The van der Waals surface area contributed by atoms with Gasteiger partial charge in [0.05, 0.1) is 22.1 Å². The molecule has 6 aromatic carbocycles. The molecule has 0 saturated heterocycles. The van der Waals surface area contributed by atoms with Crippen LogP contribution in [0.5, 0.6) is 0 Å². The first-order valence-electron chi connectivity index (χ1n) is 15.7. The summed E-state index contributed by atoms with van der Waals surface area (Å²) in [6, 6.07) is 52.3. The van der Waals surface area contributed by atoms with Crippen molar-refractivity contribution in [2.24, 2.45) is 0 Å². The third kappa shape index (κ3) is 4.87. The molecule has 0 fully saturated rings. The average molecular weight is 571 g/mol. The van der Waals surface area contributed by atoms with Gasteiger partial charge in [-0.05, 0) is 77.6 Å². The molecule has 2 heteroatoms. The van der Waals surface area contributed by atoms with Crippen LogP contribution in [-0.2, 0) is 0 Å². The van der Waals surface area contributed by atoms with Gasteiger partial charge in [0.2, 0.25) is 0 Å². The normalized spacial score (nSPS) is 11.6. The number of nitrogens with zero attached hydrogens (tertiary/aromatic N) is 2. The van der Waals surface area contributed by atoms with Gasteiger partial charge in [-0.2, -0.15) is 0 Å². The van der Waals surface area contributed by atoms with Gasteiger partial charge in [0, 0.05) is 32.9 Å². The van der Waals surface area contributed by atoms with Crippen LogP contribution in [0, 0.1) is 0 Å². The summed E-state index contributed by atoms with van der Waals surface area (Å²) in [5, 5.41) is 5.30. The van der Waals surface area contributed by atoms with Crippen LogP contribution in [0.15, 0.2) is 146 Å². The summed E-state index contributed by atoms with van der Waals surface area (Å²) < 4.78 is 4.73. The molecule has 2 nitrogen and oxygen atoms in total. The zero-order valence-electron chi connectivity index (χ0n) is 25.9. The molecular formula is C42H38N2. The Kier molecular flexibility index (Phi) is 7.28. The van der Waals surface area contributed by atoms with E-state index in [9.17, 15) is 0 Å². The van der Waals surface area contributed by atoms with E-state index in [2.05, 4.69) is 182 Å². The van der Waals surface area contributed by atoms with Crippen molar-refractivity contribution in [3.63, 3.8) is 0 Å². The standard InChI is InChI=1S/2C21H19N/c1-15(2)16-12-13-21-19(14-16)18-10-6-7-11-20(18)22(21)17-8-4-3-5-9-17;1-15(2)16-12-13-19-18-10-6-7-11-20(18)22(21(19)14-16)17-8-4-3-5-9-17/h2*3-15H,1-2H3. The largest absolute Gasteiger partial charge is 0.309 e. The highest BCUT2D eigenvalue weighted by Gasteiger charge is 2.14. The minimum absolute atomic E-state index is 0.534. The fourth-order valence-electron chi connectivity index (χ4n) is 6.41. The van der Waals surface area contributed by atoms with E-state index >= 15 is 0 Å². The number of rotatable bonds is 4. The lowest BCUT2D eigenvalue weighted by Gasteiger charge is -2.10. The molecule has 0 unspecified atom stereocenters. The second kappa shape index (κ2) is 11.5. The number of benzene rings is 6. The van der Waals surface area contributed by atoms with Gasteiger partial charge in [-0.25, -0.2) is 0 Å². The topological polar surface area (TPSA) is 9.86 Å². The first-order valence-corrected chi connectivity index (χ1v) is 15.7. The van der Waals surface area contributed by atoms with Crippen molar-refractivity contribution < 1.29 is 0 Å². The van der Waals surface area contributed by atoms with E-state index in [4.69, 9.17) is 0 Å². The highest BCUT2D eigenvalue weighted by molar-refractivity contribution is 6.10. The van der Waals surface area contributed by atoms with Gasteiger partial charge in [0.15, 0.2) is 0 Å². The highest BCUT2D eigenvalue weighted by Crippen LogP contribution is 2.35. The van der Waals surface area contributed by atoms with Crippen molar-refractivity contribution in [1.82, 2.24) is 9.13 Å². The predicted octanol–water partition coefficient (Wildman–Crippen LogP) is 11.8. The minimum atomic E-state index is 0.534. The molecule has 44 heavy (non-hydrogen) atoms. The van der Waals surface area contributed by atoms with Crippen molar-refractivity contribution in [2.75, 3.05) is 0 Å². The second-order valence-corrected chi connectivity index (χ2v) is 12.2. The Morgan fingerprint density at radius 3 is 1.32 bits per heavy atom. The van der Waals surface area contributed by atoms with E-state index in [0.29, 0.717) is 11.8 Å². The Hall–Kier alpha value is -5.08. The second-order valence-electron chi connectivity index (χ2n) is 12.2. The predicted molar refractivity (Wildman–Crippen MR) is 190 cm³/mol. The van der Waals surface area contributed by atoms with Gasteiger partial charge in [-0.3, -0.25) is 0 Å². The Bertz CT molecular complexity index is 2210. The Labute approximate surface area is 259 Å². The van der Waals surface area contributed by atoms with Gasteiger partial charge in [0.25, 0.3) is 0 Å². The molecule has 0 N–H and O–H groups in total. The first-order chi connectivity index (χ1) is 21.5. The van der Waals surface area contributed by atoms with Crippen LogP contribution in [-0.4, -0.2) is 9.13 Å². The van der Waals surface area contributed by atoms with Crippen LogP contribution < -0.4 is 0 Å². The summed E-state index contributed by atoms with van der Waals surface area (Å²) in [6.07, 6.45) is 0. The summed E-state index contributed by atoms with van der Waals surface area (Å²) in [7, 11) is 0. The van der Waals surface area contributed by atoms with E-state index in [1.165, 1.54) is 66.1 Å². The lowest BCUT2D eigenvalue weighted by molar-refractivity contribution is 0.868. The molecule has 8 rings (SSSR count). The molecule has 0 atom stereocenters. The first kappa shape index (κ1) is 27.7. The molecule has 0 saturated carbocycles. The maximum Gasteiger partial charge on any atom is 0.0543 e. The third-order valence-corrected chi connectivity index (χ3v) is 8.76. The quantitative estimate of drug-likeness (QED) is 0.199. The van der Waals surface area contributed by atoms with Gasteiger partial charge in [-0.15, -0.1) is 0 Å². The van der Waals surface area contributed by atoms with Gasteiger partial charge in [0.1, 0.15) is 0 Å². The SMILES string of the molecule is CC(C)c1ccc2c(c1)c1ccccc1n2-c1ccccc1.CC(C)c1ccc2c3ccccc3n(-c3ccccc3)c2c1. The fraction of sp³-hybridized carbons (Fsp3) is 0.143. The maximum absolute atomic E-state index is 2.37. The number of para-hydroxylation sites is 4. The molecule has 0 aliphatic rings. The average Bonchev–Trinajstić information content (AvgIpc) is 3.58. The molecule has 0 aliphatic carbocycles. The summed E-state index contributed by atoms with van der Waals surface area (Å²) in [5.74, 6) is 1.08. The van der Waals surface area contributed by atoms with E-state index < -0.39 is 0 Å². The number of aromatic nitrogens is 2. The molecule has 0 radical (unpaired) electrons. The van der Waals surface area contributed by atoms with Crippen LogP contribution in [0.4, 0.5) is 0 Å². The summed E-state index contributed by atoms with van der Waals surface area (Å²) in [5.41, 5.74) is 10.3. The molecule has 0 aliphatic heterocycles. The van der Waals surface area contributed by atoms with Crippen LogP contribution in [0.2, 0.25) is 0 Å². The van der Waals surface area contributed by atoms with Crippen LogP contribution in [0.3, 0.4) is 0 Å². The van der Waals surface area contributed by atoms with Crippen molar-refractivity contribution in [2.45, 2.75) is 39.5 Å². The van der Waals surface area contributed by atoms with Gasteiger partial charge >= 0.3 is 0 Å². The zero-order valence-corrected chi connectivity index (χ0v) is 25.9. The Morgan fingerprint density at radius 2 is 0.750 bits per heavy atom. The monoisotopic (exact) mass is 570 g/mol. The summed E-state index contributed by atoms with van der Waals surface area (Å²) >= 11 is 0. The minimum Gasteiger partial charge on any atom is -0.309 e. The smallest absolute Gasteiger partial charge is 0.0543 e. The molecule has 2 heterocycles. The lowest BCUT2D eigenvalue weighted by Crippen LogP contribution is -1.94.